The molecule has 24 heavy (non-hydrogen) atoms. The number of aliphatic hydroxyl groups is 1. The average Bonchev–Trinajstić information content (AvgIpc) is 2.59. The van der Waals surface area contributed by atoms with Crippen LogP contribution in [0.15, 0.2) is 36.0 Å². The Hall–Kier alpha value is -1.72. The molecule has 5 heteroatoms. The normalized spacial score (nSPS) is 21.3. The van der Waals surface area contributed by atoms with E-state index < -0.39 is 0 Å². The number of allylic oxidation sites excluding steroid dienone is 2. The molecule has 5 nitrogen and oxygen atoms in total. The van der Waals surface area contributed by atoms with Gasteiger partial charge in [0.15, 0.2) is 0 Å². The second-order valence-electron chi connectivity index (χ2n) is 7.06. The van der Waals surface area contributed by atoms with Gasteiger partial charge in [-0.3, -0.25) is 14.7 Å². The summed E-state index contributed by atoms with van der Waals surface area (Å²) in [5.41, 5.74) is 2.02. The van der Waals surface area contributed by atoms with E-state index in [9.17, 15) is 9.90 Å². The van der Waals surface area contributed by atoms with Crippen LogP contribution >= 0.6 is 0 Å². The second-order valence-corrected chi connectivity index (χ2v) is 7.06. The average molecular weight is 331 g/mol. The van der Waals surface area contributed by atoms with Crippen molar-refractivity contribution in [2.45, 2.75) is 39.7 Å². The van der Waals surface area contributed by atoms with Gasteiger partial charge in [-0.15, -0.1) is 0 Å². The summed E-state index contributed by atoms with van der Waals surface area (Å²) in [6.45, 7) is 6.84. The van der Waals surface area contributed by atoms with E-state index in [-0.39, 0.29) is 17.9 Å². The van der Waals surface area contributed by atoms with E-state index in [2.05, 4.69) is 35.1 Å². The Bertz CT molecular complexity index is 555. The van der Waals surface area contributed by atoms with Gasteiger partial charge in [-0.25, -0.2) is 0 Å². The standard InChI is InChI=1S/C19H29N3O2/c1-16(2)7-9-19(15-23)8-5-11-22(14-19)13-18(24)21-12-17-6-3-4-10-20-17/h3-4,6-7,10,23H,5,8-9,11-15H2,1-2H3,(H,21,24). The lowest BCUT2D eigenvalue weighted by atomic mass is 9.77. The molecule has 132 valence electrons. The van der Waals surface area contributed by atoms with E-state index in [1.165, 1.54) is 5.57 Å². The van der Waals surface area contributed by atoms with Crippen LogP contribution in [0, 0.1) is 5.41 Å². The Morgan fingerprint density at radius 1 is 1.46 bits per heavy atom. The minimum atomic E-state index is -0.114. The second kappa shape index (κ2) is 8.94. The van der Waals surface area contributed by atoms with Gasteiger partial charge in [-0.2, -0.15) is 0 Å². The summed E-state index contributed by atoms with van der Waals surface area (Å²) in [6, 6.07) is 5.68. The highest BCUT2D eigenvalue weighted by atomic mass is 16.3. The topological polar surface area (TPSA) is 65.5 Å². The summed E-state index contributed by atoms with van der Waals surface area (Å²) < 4.78 is 0. The highest BCUT2D eigenvalue weighted by Gasteiger charge is 2.34. The Labute approximate surface area is 144 Å². The summed E-state index contributed by atoms with van der Waals surface area (Å²) >= 11 is 0. The molecule has 1 saturated heterocycles. The maximum atomic E-state index is 12.2. The van der Waals surface area contributed by atoms with Crippen LogP contribution < -0.4 is 5.32 Å². The Balaban J connectivity index is 1.85. The van der Waals surface area contributed by atoms with Crippen molar-refractivity contribution in [3.05, 3.63) is 41.7 Å². The van der Waals surface area contributed by atoms with E-state index in [0.29, 0.717) is 13.1 Å². The fourth-order valence-corrected chi connectivity index (χ4v) is 3.18. The summed E-state index contributed by atoms with van der Waals surface area (Å²) in [5, 5.41) is 12.8. The van der Waals surface area contributed by atoms with Gasteiger partial charge in [0.1, 0.15) is 0 Å². The van der Waals surface area contributed by atoms with Crippen molar-refractivity contribution in [3.8, 4) is 0 Å². The number of aromatic nitrogens is 1. The van der Waals surface area contributed by atoms with Crippen molar-refractivity contribution in [1.29, 1.82) is 0 Å². The minimum Gasteiger partial charge on any atom is -0.396 e. The van der Waals surface area contributed by atoms with Crippen LogP contribution in [0.4, 0.5) is 0 Å². The van der Waals surface area contributed by atoms with Crippen molar-refractivity contribution in [2.24, 2.45) is 5.41 Å². The number of carbonyl (C=O) groups is 1. The molecule has 0 radical (unpaired) electrons. The molecule has 0 aromatic carbocycles. The van der Waals surface area contributed by atoms with Gasteiger partial charge in [-0.1, -0.05) is 17.7 Å². The first-order valence-corrected chi connectivity index (χ1v) is 8.66. The molecular weight excluding hydrogens is 302 g/mol. The number of piperidine rings is 1. The third-order valence-electron chi connectivity index (χ3n) is 4.58. The Morgan fingerprint density at radius 3 is 2.96 bits per heavy atom. The molecule has 2 rings (SSSR count). The van der Waals surface area contributed by atoms with Crippen LogP contribution in [0.25, 0.3) is 0 Å². The number of nitrogens with one attached hydrogen (secondary N) is 1. The molecule has 1 aromatic rings. The largest absolute Gasteiger partial charge is 0.396 e. The van der Waals surface area contributed by atoms with E-state index in [1.807, 2.05) is 18.2 Å². The molecule has 0 aliphatic carbocycles. The molecule has 1 aromatic heterocycles. The zero-order chi connectivity index (χ0) is 17.4. The molecule has 0 bridgehead atoms. The Kier molecular flexibility index (Phi) is 6.94. The van der Waals surface area contributed by atoms with Gasteiger partial charge in [-0.05, 0) is 51.8 Å². The van der Waals surface area contributed by atoms with Crippen LogP contribution in [0.5, 0.6) is 0 Å². The van der Waals surface area contributed by atoms with Gasteiger partial charge in [0.2, 0.25) is 5.91 Å². The number of aliphatic hydroxyl groups excluding tert-OH is 1. The van der Waals surface area contributed by atoms with E-state index in [4.69, 9.17) is 0 Å². The highest BCUT2D eigenvalue weighted by molar-refractivity contribution is 5.77. The molecule has 1 amide bonds. The van der Waals surface area contributed by atoms with Gasteiger partial charge >= 0.3 is 0 Å². The smallest absolute Gasteiger partial charge is 0.234 e. The Morgan fingerprint density at radius 2 is 2.29 bits per heavy atom. The molecule has 2 N–H and O–H groups in total. The van der Waals surface area contributed by atoms with Crippen molar-refractivity contribution >= 4 is 5.91 Å². The van der Waals surface area contributed by atoms with Crippen molar-refractivity contribution in [3.63, 3.8) is 0 Å². The molecule has 0 saturated carbocycles. The fraction of sp³-hybridized carbons (Fsp3) is 0.579. The van der Waals surface area contributed by atoms with E-state index >= 15 is 0 Å². The van der Waals surface area contributed by atoms with Crippen LogP contribution in [-0.2, 0) is 11.3 Å². The van der Waals surface area contributed by atoms with E-state index in [0.717, 1.165) is 38.0 Å². The number of likely N-dealkylation sites (tertiary alicyclic amines) is 1. The summed E-state index contributed by atoms with van der Waals surface area (Å²) in [7, 11) is 0. The monoisotopic (exact) mass is 331 g/mol. The third-order valence-corrected chi connectivity index (χ3v) is 4.58. The zero-order valence-corrected chi connectivity index (χ0v) is 14.8. The first-order chi connectivity index (χ1) is 11.5. The third kappa shape index (κ3) is 5.73. The van der Waals surface area contributed by atoms with Gasteiger partial charge in [0, 0.05) is 18.2 Å². The number of pyridine rings is 1. The molecule has 1 aliphatic rings. The van der Waals surface area contributed by atoms with Crippen molar-refractivity contribution in [1.82, 2.24) is 15.2 Å². The predicted octanol–water partition coefficient (Wildman–Crippen LogP) is 2.13. The lowest BCUT2D eigenvalue weighted by Gasteiger charge is -2.41. The number of hydrogen-bond donors (Lipinski definition) is 2. The maximum Gasteiger partial charge on any atom is 0.234 e. The highest BCUT2D eigenvalue weighted by Crippen LogP contribution is 2.33. The minimum absolute atomic E-state index is 0.0107. The number of hydrogen-bond acceptors (Lipinski definition) is 4. The van der Waals surface area contributed by atoms with Crippen molar-refractivity contribution in [2.75, 3.05) is 26.2 Å². The summed E-state index contributed by atoms with van der Waals surface area (Å²) in [4.78, 5) is 18.6. The molecular formula is C19H29N3O2. The van der Waals surface area contributed by atoms with Crippen LogP contribution in [0.1, 0.15) is 38.8 Å². The first kappa shape index (κ1) is 18.6. The molecule has 1 unspecified atom stereocenters. The van der Waals surface area contributed by atoms with Gasteiger partial charge in [0.25, 0.3) is 0 Å². The first-order valence-electron chi connectivity index (χ1n) is 8.66. The van der Waals surface area contributed by atoms with Crippen LogP contribution in [0.2, 0.25) is 0 Å². The molecule has 0 spiro atoms. The predicted molar refractivity (Wildman–Crippen MR) is 95.3 cm³/mol. The summed E-state index contributed by atoms with van der Waals surface area (Å²) in [5.74, 6) is 0.0107. The van der Waals surface area contributed by atoms with E-state index in [1.54, 1.807) is 6.20 Å². The van der Waals surface area contributed by atoms with Crippen LogP contribution in [-0.4, -0.2) is 47.1 Å². The fourth-order valence-electron chi connectivity index (χ4n) is 3.18. The quantitative estimate of drug-likeness (QED) is 0.751. The van der Waals surface area contributed by atoms with Crippen LogP contribution in [0.3, 0.4) is 0 Å². The van der Waals surface area contributed by atoms with Crippen molar-refractivity contribution < 1.29 is 9.90 Å². The number of rotatable bonds is 7. The molecule has 1 aliphatic heterocycles. The zero-order valence-electron chi connectivity index (χ0n) is 14.8. The van der Waals surface area contributed by atoms with Gasteiger partial charge in [0.05, 0.1) is 25.4 Å². The number of carbonyl (C=O) groups excluding carboxylic acids is 1. The number of amides is 1. The molecule has 1 fully saturated rings. The molecule has 2 heterocycles. The molecule has 1 atom stereocenters. The summed E-state index contributed by atoms with van der Waals surface area (Å²) in [6.07, 6.45) is 6.83. The SMILES string of the molecule is CC(C)=CCC1(CO)CCCN(CC(=O)NCc2ccccn2)C1. The lowest BCUT2D eigenvalue weighted by molar-refractivity contribution is -0.123. The van der Waals surface area contributed by atoms with Gasteiger partial charge < -0.3 is 10.4 Å². The lowest BCUT2D eigenvalue weighted by Crippen LogP contribution is -2.48. The maximum absolute atomic E-state index is 12.2. The number of nitrogens with zero attached hydrogens (tertiary/aromatic N) is 2.